The molecule has 2 heteroatoms. The lowest BCUT2D eigenvalue weighted by Gasteiger charge is -2.13. The van der Waals surface area contributed by atoms with Crippen molar-refractivity contribution >= 4 is 0 Å². The minimum atomic E-state index is 0.323. The lowest BCUT2D eigenvalue weighted by molar-refractivity contribution is 0.480. The van der Waals surface area contributed by atoms with Crippen LogP contribution in [0.25, 0.3) is 0 Å². The molecular formula is C17H21NO. The second-order valence-electron chi connectivity index (χ2n) is 4.93. The van der Waals surface area contributed by atoms with Gasteiger partial charge in [0.05, 0.1) is 0 Å². The Morgan fingerprint density at radius 1 is 0.947 bits per heavy atom. The van der Waals surface area contributed by atoms with E-state index in [-0.39, 0.29) is 0 Å². The van der Waals surface area contributed by atoms with Crippen LogP contribution in [-0.4, -0.2) is 7.05 Å². The van der Waals surface area contributed by atoms with Crippen LogP contribution < -0.4 is 10.1 Å². The molecule has 2 aromatic rings. The van der Waals surface area contributed by atoms with Gasteiger partial charge in [-0.1, -0.05) is 18.2 Å². The summed E-state index contributed by atoms with van der Waals surface area (Å²) in [4.78, 5) is 0. The molecule has 1 atom stereocenters. The quantitative estimate of drug-likeness (QED) is 0.875. The van der Waals surface area contributed by atoms with Crippen LogP contribution in [0.2, 0.25) is 0 Å². The van der Waals surface area contributed by atoms with Crippen molar-refractivity contribution in [3.05, 3.63) is 59.2 Å². The van der Waals surface area contributed by atoms with Crippen LogP contribution in [0, 0.1) is 13.8 Å². The van der Waals surface area contributed by atoms with Gasteiger partial charge in [0.1, 0.15) is 11.5 Å². The average Bonchev–Trinajstić information content (AvgIpc) is 2.42. The van der Waals surface area contributed by atoms with E-state index < -0.39 is 0 Å². The monoisotopic (exact) mass is 255 g/mol. The van der Waals surface area contributed by atoms with Gasteiger partial charge in [0.15, 0.2) is 0 Å². The molecule has 19 heavy (non-hydrogen) atoms. The van der Waals surface area contributed by atoms with E-state index in [1.165, 1.54) is 16.7 Å². The molecule has 0 aliphatic rings. The Morgan fingerprint density at radius 3 is 2.37 bits per heavy atom. The van der Waals surface area contributed by atoms with Gasteiger partial charge in [0.2, 0.25) is 0 Å². The average molecular weight is 255 g/mol. The summed E-state index contributed by atoms with van der Waals surface area (Å²) < 4.78 is 5.92. The van der Waals surface area contributed by atoms with Gasteiger partial charge < -0.3 is 10.1 Å². The first-order chi connectivity index (χ1) is 9.10. The third-order valence-corrected chi connectivity index (χ3v) is 3.51. The highest BCUT2D eigenvalue weighted by Gasteiger charge is 2.05. The van der Waals surface area contributed by atoms with Crippen LogP contribution in [0.3, 0.4) is 0 Å². The molecule has 0 amide bonds. The van der Waals surface area contributed by atoms with Gasteiger partial charge in [0.25, 0.3) is 0 Å². The van der Waals surface area contributed by atoms with Crippen LogP contribution in [0.1, 0.15) is 29.7 Å². The summed E-state index contributed by atoms with van der Waals surface area (Å²) in [5.74, 6) is 1.76. The van der Waals surface area contributed by atoms with E-state index in [0.29, 0.717) is 6.04 Å². The summed E-state index contributed by atoms with van der Waals surface area (Å²) in [5.41, 5.74) is 3.76. The van der Waals surface area contributed by atoms with Crippen LogP contribution in [-0.2, 0) is 0 Å². The Bertz CT molecular complexity index is 563. The number of rotatable bonds is 4. The van der Waals surface area contributed by atoms with Gasteiger partial charge >= 0.3 is 0 Å². The van der Waals surface area contributed by atoms with Gasteiger partial charge in [-0.2, -0.15) is 0 Å². The third kappa shape index (κ3) is 3.36. The topological polar surface area (TPSA) is 21.3 Å². The van der Waals surface area contributed by atoms with E-state index in [9.17, 15) is 0 Å². The van der Waals surface area contributed by atoms with Gasteiger partial charge in [-0.05, 0) is 68.8 Å². The van der Waals surface area contributed by atoms with Crippen LogP contribution in [0.5, 0.6) is 11.5 Å². The summed E-state index contributed by atoms with van der Waals surface area (Å²) in [7, 11) is 1.96. The Balaban J connectivity index is 2.20. The SMILES string of the molecule is CNC(C)c1cccc(Oc2ccc(C)c(C)c2)c1. The van der Waals surface area contributed by atoms with E-state index in [1.54, 1.807) is 0 Å². The van der Waals surface area contributed by atoms with Crippen LogP contribution in [0.15, 0.2) is 42.5 Å². The first kappa shape index (κ1) is 13.6. The third-order valence-electron chi connectivity index (χ3n) is 3.51. The number of hydrogen-bond acceptors (Lipinski definition) is 2. The van der Waals surface area contributed by atoms with Gasteiger partial charge in [0, 0.05) is 6.04 Å². The van der Waals surface area contributed by atoms with Crippen molar-refractivity contribution in [1.29, 1.82) is 0 Å². The maximum atomic E-state index is 5.92. The predicted octanol–water partition coefficient (Wildman–Crippen LogP) is 4.38. The lowest BCUT2D eigenvalue weighted by Crippen LogP contribution is -2.11. The van der Waals surface area contributed by atoms with E-state index in [4.69, 9.17) is 4.74 Å². The second kappa shape index (κ2) is 5.89. The van der Waals surface area contributed by atoms with Crippen molar-refractivity contribution in [2.24, 2.45) is 0 Å². The molecule has 100 valence electrons. The lowest BCUT2D eigenvalue weighted by atomic mass is 10.1. The molecule has 0 saturated heterocycles. The number of hydrogen-bond donors (Lipinski definition) is 1. The summed E-state index contributed by atoms with van der Waals surface area (Å²) in [6.45, 7) is 6.34. The highest BCUT2D eigenvalue weighted by atomic mass is 16.5. The Labute approximate surface area is 115 Å². The molecule has 0 aliphatic carbocycles. The fourth-order valence-corrected chi connectivity index (χ4v) is 1.93. The molecule has 2 rings (SSSR count). The van der Waals surface area contributed by atoms with Crippen molar-refractivity contribution in [3.8, 4) is 11.5 Å². The molecular weight excluding hydrogens is 234 g/mol. The molecule has 0 aliphatic heterocycles. The maximum absolute atomic E-state index is 5.92. The Morgan fingerprint density at radius 2 is 1.68 bits per heavy atom. The fourth-order valence-electron chi connectivity index (χ4n) is 1.93. The summed E-state index contributed by atoms with van der Waals surface area (Å²) in [6, 6.07) is 14.7. The zero-order chi connectivity index (χ0) is 13.8. The maximum Gasteiger partial charge on any atom is 0.127 e. The zero-order valence-corrected chi connectivity index (χ0v) is 12.0. The molecule has 0 fully saturated rings. The minimum absolute atomic E-state index is 0.323. The molecule has 2 nitrogen and oxygen atoms in total. The molecule has 0 heterocycles. The fraction of sp³-hybridized carbons (Fsp3) is 0.294. The largest absolute Gasteiger partial charge is 0.457 e. The summed E-state index contributed by atoms with van der Waals surface area (Å²) in [5, 5.41) is 3.23. The first-order valence-corrected chi connectivity index (χ1v) is 6.62. The normalized spacial score (nSPS) is 12.2. The van der Waals surface area contributed by atoms with Gasteiger partial charge in [-0.15, -0.1) is 0 Å². The molecule has 1 N–H and O–H groups in total. The number of benzene rings is 2. The highest BCUT2D eigenvalue weighted by Crippen LogP contribution is 2.26. The van der Waals surface area contributed by atoms with Crippen molar-refractivity contribution in [2.75, 3.05) is 7.05 Å². The van der Waals surface area contributed by atoms with E-state index >= 15 is 0 Å². The minimum Gasteiger partial charge on any atom is -0.457 e. The zero-order valence-electron chi connectivity index (χ0n) is 12.0. The smallest absolute Gasteiger partial charge is 0.127 e. The van der Waals surface area contributed by atoms with E-state index in [1.807, 2.05) is 25.2 Å². The molecule has 2 aromatic carbocycles. The van der Waals surface area contributed by atoms with Crippen molar-refractivity contribution in [3.63, 3.8) is 0 Å². The van der Waals surface area contributed by atoms with E-state index in [0.717, 1.165) is 11.5 Å². The second-order valence-corrected chi connectivity index (χ2v) is 4.93. The Kier molecular flexibility index (Phi) is 4.23. The highest BCUT2D eigenvalue weighted by molar-refractivity contribution is 5.38. The number of nitrogens with one attached hydrogen (secondary N) is 1. The number of aryl methyl sites for hydroxylation is 2. The molecule has 0 spiro atoms. The van der Waals surface area contributed by atoms with Crippen molar-refractivity contribution in [1.82, 2.24) is 5.32 Å². The Hall–Kier alpha value is -1.80. The first-order valence-electron chi connectivity index (χ1n) is 6.62. The van der Waals surface area contributed by atoms with Gasteiger partial charge in [-0.3, -0.25) is 0 Å². The molecule has 0 saturated carbocycles. The van der Waals surface area contributed by atoms with Crippen molar-refractivity contribution in [2.45, 2.75) is 26.8 Å². The molecule has 0 radical (unpaired) electrons. The van der Waals surface area contributed by atoms with Crippen molar-refractivity contribution < 1.29 is 4.74 Å². The van der Waals surface area contributed by atoms with Crippen LogP contribution in [0.4, 0.5) is 0 Å². The standard InChI is InChI=1S/C17H21NO/c1-12-8-9-17(10-13(12)2)19-16-7-5-6-15(11-16)14(3)18-4/h5-11,14,18H,1-4H3. The predicted molar refractivity (Wildman–Crippen MR) is 79.9 cm³/mol. The molecule has 1 unspecified atom stereocenters. The molecule has 0 bridgehead atoms. The summed E-state index contributed by atoms with van der Waals surface area (Å²) in [6.07, 6.45) is 0. The van der Waals surface area contributed by atoms with E-state index in [2.05, 4.69) is 50.4 Å². The number of ether oxygens (including phenoxy) is 1. The summed E-state index contributed by atoms with van der Waals surface area (Å²) >= 11 is 0. The van der Waals surface area contributed by atoms with Crippen LogP contribution >= 0.6 is 0 Å². The molecule has 0 aromatic heterocycles. The van der Waals surface area contributed by atoms with Gasteiger partial charge in [-0.25, -0.2) is 0 Å².